The van der Waals surface area contributed by atoms with E-state index < -0.39 is 5.54 Å². The van der Waals surface area contributed by atoms with Gasteiger partial charge in [0.2, 0.25) is 0 Å². The minimum absolute atomic E-state index is 0.0915. The highest BCUT2D eigenvalue weighted by atomic mass is 15.0. The molecule has 0 saturated carbocycles. The smallest absolute Gasteiger partial charge is 0.0705 e. The van der Waals surface area contributed by atoms with Gasteiger partial charge in [-0.2, -0.15) is 0 Å². The molecule has 0 heterocycles. The lowest BCUT2D eigenvalue weighted by atomic mass is 9.73. The zero-order valence-corrected chi connectivity index (χ0v) is 25.1. The van der Waals surface area contributed by atoms with Gasteiger partial charge in [-0.3, -0.25) is 0 Å². The zero-order valence-electron chi connectivity index (χ0n) is 25.1. The molecule has 5 aromatic rings. The molecule has 0 amide bonds. The van der Waals surface area contributed by atoms with Crippen LogP contribution in [0.4, 0.5) is 0 Å². The van der Waals surface area contributed by atoms with Gasteiger partial charge in [0.05, 0.1) is 5.54 Å². The Morgan fingerprint density at radius 2 is 1.05 bits per heavy atom. The fraction of sp³-hybridized carbons (Fsp3) is 0.250. The second-order valence-electron chi connectivity index (χ2n) is 11.6. The molecule has 5 N–H and O–H groups in total. The number of rotatable bonds is 15. The SMILES string of the molecule is NCCCC(c1ccccc1)C(N)CC(NCC(Cc1ccccc1)c1ccccc1)(c1ccccc1)c1ccccc1. The number of hydrogen-bond acceptors (Lipinski definition) is 3. The normalized spacial score (nSPS) is 13.7. The van der Waals surface area contributed by atoms with Crippen molar-refractivity contribution >= 4 is 0 Å². The summed E-state index contributed by atoms with van der Waals surface area (Å²) in [6, 6.07) is 54.1. The fourth-order valence-electron chi connectivity index (χ4n) is 6.51. The van der Waals surface area contributed by atoms with Gasteiger partial charge in [-0.05, 0) is 66.0 Å². The Bertz CT molecular complexity index is 1420. The second kappa shape index (κ2) is 15.5. The molecule has 43 heavy (non-hydrogen) atoms. The maximum absolute atomic E-state index is 7.31. The first-order chi connectivity index (χ1) is 21.2. The van der Waals surface area contributed by atoms with E-state index in [9.17, 15) is 0 Å². The van der Waals surface area contributed by atoms with E-state index in [1.807, 2.05) is 0 Å². The predicted octanol–water partition coefficient (Wildman–Crippen LogP) is 7.79. The molecular weight excluding hydrogens is 522 g/mol. The number of benzene rings is 5. The van der Waals surface area contributed by atoms with Crippen molar-refractivity contribution in [2.75, 3.05) is 13.1 Å². The van der Waals surface area contributed by atoms with Gasteiger partial charge in [0.25, 0.3) is 0 Å². The average molecular weight is 568 g/mol. The first kappa shape index (κ1) is 30.4. The van der Waals surface area contributed by atoms with Crippen LogP contribution in [0.3, 0.4) is 0 Å². The molecular formula is C40H45N3. The van der Waals surface area contributed by atoms with Crippen molar-refractivity contribution in [1.29, 1.82) is 0 Å². The van der Waals surface area contributed by atoms with Crippen LogP contribution in [0.5, 0.6) is 0 Å². The van der Waals surface area contributed by atoms with Gasteiger partial charge in [0.15, 0.2) is 0 Å². The summed E-state index contributed by atoms with van der Waals surface area (Å²) >= 11 is 0. The third-order valence-corrected chi connectivity index (χ3v) is 8.79. The summed E-state index contributed by atoms with van der Waals surface area (Å²) in [6.07, 6.45) is 3.60. The summed E-state index contributed by atoms with van der Waals surface area (Å²) in [6.45, 7) is 1.46. The van der Waals surface area contributed by atoms with Gasteiger partial charge in [0, 0.05) is 18.5 Å². The van der Waals surface area contributed by atoms with Crippen molar-refractivity contribution in [3.63, 3.8) is 0 Å². The van der Waals surface area contributed by atoms with Gasteiger partial charge >= 0.3 is 0 Å². The standard InChI is InChI=1S/C40H45N3/c41-28-16-27-38(34-21-10-3-11-22-34)39(42)30-40(36-23-12-4-13-24-36,37-25-14-5-15-26-37)43-31-35(33-19-8-2-9-20-33)29-32-17-6-1-7-18-32/h1-15,17-26,35,38-39,43H,16,27-31,41-42H2. The van der Waals surface area contributed by atoms with E-state index in [0.717, 1.165) is 32.2 Å². The van der Waals surface area contributed by atoms with Crippen molar-refractivity contribution in [1.82, 2.24) is 5.32 Å². The minimum Gasteiger partial charge on any atom is -0.330 e. The third-order valence-electron chi connectivity index (χ3n) is 8.79. The Balaban J connectivity index is 1.55. The van der Waals surface area contributed by atoms with Crippen LogP contribution in [0.1, 0.15) is 58.9 Å². The predicted molar refractivity (Wildman–Crippen MR) is 181 cm³/mol. The van der Waals surface area contributed by atoms with Crippen molar-refractivity contribution < 1.29 is 0 Å². The highest BCUT2D eigenvalue weighted by molar-refractivity contribution is 5.40. The van der Waals surface area contributed by atoms with E-state index in [0.29, 0.717) is 6.54 Å². The van der Waals surface area contributed by atoms with Crippen molar-refractivity contribution in [3.8, 4) is 0 Å². The van der Waals surface area contributed by atoms with Crippen LogP contribution in [0, 0.1) is 0 Å². The van der Waals surface area contributed by atoms with Crippen molar-refractivity contribution in [3.05, 3.63) is 179 Å². The molecule has 0 radical (unpaired) electrons. The molecule has 5 aromatic carbocycles. The molecule has 3 nitrogen and oxygen atoms in total. The second-order valence-corrected chi connectivity index (χ2v) is 11.6. The maximum atomic E-state index is 7.31. The van der Waals surface area contributed by atoms with Crippen molar-refractivity contribution in [2.24, 2.45) is 11.5 Å². The van der Waals surface area contributed by atoms with Gasteiger partial charge in [-0.1, -0.05) is 152 Å². The Kier molecular flexibility index (Phi) is 10.9. The Morgan fingerprint density at radius 1 is 0.581 bits per heavy atom. The summed E-state index contributed by atoms with van der Waals surface area (Å²) in [5.74, 6) is 0.487. The van der Waals surface area contributed by atoms with Crippen LogP contribution in [-0.2, 0) is 12.0 Å². The van der Waals surface area contributed by atoms with E-state index in [1.54, 1.807) is 0 Å². The monoisotopic (exact) mass is 567 g/mol. The molecule has 0 aromatic heterocycles. The highest BCUT2D eigenvalue weighted by Gasteiger charge is 2.38. The van der Waals surface area contributed by atoms with Gasteiger partial charge in [-0.25, -0.2) is 0 Å². The van der Waals surface area contributed by atoms with Crippen LogP contribution >= 0.6 is 0 Å². The van der Waals surface area contributed by atoms with Crippen LogP contribution in [0.2, 0.25) is 0 Å². The molecule has 0 aliphatic heterocycles. The lowest BCUT2D eigenvalue weighted by molar-refractivity contribution is 0.306. The van der Waals surface area contributed by atoms with E-state index in [4.69, 9.17) is 11.5 Å². The molecule has 0 fully saturated rings. The Labute approximate surface area is 258 Å². The van der Waals surface area contributed by atoms with Gasteiger partial charge < -0.3 is 16.8 Å². The van der Waals surface area contributed by atoms with Crippen LogP contribution in [-0.4, -0.2) is 19.1 Å². The van der Waals surface area contributed by atoms with E-state index in [-0.39, 0.29) is 17.9 Å². The Hall–Kier alpha value is -4.02. The lowest BCUT2D eigenvalue weighted by Crippen LogP contribution is -2.50. The summed E-state index contributed by atoms with van der Waals surface area (Å²) in [4.78, 5) is 0. The summed E-state index contributed by atoms with van der Waals surface area (Å²) in [5, 5.41) is 4.17. The zero-order chi connectivity index (χ0) is 29.7. The molecule has 0 aliphatic rings. The molecule has 0 bridgehead atoms. The molecule has 220 valence electrons. The molecule has 5 rings (SSSR count). The first-order valence-corrected chi connectivity index (χ1v) is 15.6. The fourth-order valence-corrected chi connectivity index (χ4v) is 6.51. The average Bonchev–Trinajstić information content (AvgIpc) is 3.08. The molecule has 0 aliphatic carbocycles. The molecule has 3 heteroatoms. The van der Waals surface area contributed by atoms with Gasteiger partial charge in [0.1, 0.15) is 0 Å². The molecule has 0 saturated heterocycles. The maximum Gasteiger partial charge on any atom is 0.0705 e. The summed E-state index contributed by atoms with van der Waals surface area (Å²) < 4.78 is 0. The largest absolute Gasteiger partial charge is 0.330 e. The topological polar surface area (TPSA) is 64.1 Å². The number of hydrogen-bond donors (Lipinski definition) is 3. The number of nitrogens with two attached hydrogens (primary N) is 2. The lowest BCUT2D eigenvalue weighted by Gasteiger charge is -2.41. The van der Waals surface area contributed by atoms with Crippen molar-refractivity contribution in [2.45, 2.75) is 49.1 Å². The van der Waals surface area contributed by atoms with Crippen LogP contribution < -0.4 is 16.8 Å². The van der Waals surface area contributed by atoms with Crippen LogP contribution in [0.25, 0.3) is 0 Å². The third kappa shape index (κ3) is 7.88. The summed E-state index contributed by atoms with van der Waals surface area (Å²) in [7, 11) is 0. The quantitative estimate of drug-likeness (QED) is 0.121. The van der Waals surface area contributed by atoms with Crippen LogP contribution in [0.15, 0.2) is 152 Å². The highest BCUT2D eigenvalue weighted by Crippen LogP contribution is 2.39. The van der Waals surface area contributed by atoms with E-state index >= 15 is 0 Å². The minimum atomic E-state index is -0.485. The van der Waals surface area contributed by atoms with Gasteiger partial charge in [-0.15, -0.1) is 0 Å². The first-order valence-electron chi connectivity index (χ1n) is 15.6. The number of nitrogens with one attached hydrogen (secondary N) is 1. The molecule has 3 unspecified atom stereocenters. The Morgan fingerprint density at radius 3 is 1.56 bits per heavy atom. The van der Waals surface area contributed by atoms with E-state index in [1.165, 1.54) is 27.8 Å². The molecule has 3 atom stereocenters. The summed E-state index contributed by atoms with van der Waals surface area (Å²) in [5.41, 5.74) is 19.3. The van der Waals surface area contributed by atoms with E-state index in [2.05, 4.69) is 157 Å². The molecule has 0 spiro atoms.